The second-order valence-corrected chi connectivity index (χ2v) is 10.5. The van der Waals surface area contributed by atoms with Crippen LogP contribution >= 0.6 is 11.8 Å². The molecule has 32 heavy (non-hydrogen) atoms. The van der Waals surface area contributed by atoms with Crippen LogP contribution in [0.1, 0.15) is 67.8 Å². The van der Waals surface area contributed by atoms with E-state index in [1.807, 2.05) is 11.8 Å². The molecule has 0 spiro atoms. The van der Waals surface area contributed by atoms with E-state index in [1.54, 1.807) is 24.3 Å². The second-order valence-electron chi connectivity index (χ2n) is 9.45. The van der Waals surface area contributed by atoms with Crippen molar-refractivity contribution >= 4 is 17.7 Å². The van der Waals surface area contributed by atoms with Gasteiger partial charge in [0.05, 0.1) is 0 Å². The molecular formula is C26H29N3O2S. The number of rotatable bonds is 7. The lowest BCUT2D eigenvalue weighted by Crippen LogP contribution is -2.26. The maximum Gasteiger partial charge on any atom is 0.258 e. The summed E-state index contributed by atoms with van der Waals surface area (Å²) >= 11 is 2.02. The van der Waals surface area contributed by atoms with E-state index >= 15 is 0 Å². The molecule has 0 radical (unpaired) electrons. The van der Waals surface area contributed by atoms with Gasteiger partial charge in [0.15, 0.2) is 0 Å². The van der Waals surface area contributed by atoms with Gasteiger partial charge in [-0.25, -0.2) is 0 Å². The Labute approximate surface area is 193 Å². The summed E-state index contributed by atoms with van der Waals surface area (Å²) in [5.41, 5.74) is 9.20. The van der Waals surface area contributed by atoms with Crippen molar-refractivity contribution in [2.24, 2.45) is 11.7 Å². The molecule has 1 heterocycles. The summed E-state index contributed by atoms with van der Waals surface area (Å²) in [5.74, 6) is 2.70. The number of amides is 1. The number of carbonyl (C=O) groups is 1. The van der Waals surface area contributed by atoms with Crippen LogP contribution < -0.4 is 5.73 Å². The largest absolute Gasteiger partial charge is 0.366 e. The van der Waals surface area contributed by atoms with Crippen molar-refractivity contribution in [3.63, 3.8) is 0 Å². The van der Waals surface area contributed by atoms with Gasteiger partial charge in [0.25, 0.3) is 5.89 Å². The Morgan fingerprint density at radius 3 is 2.50 bits per heavy atom. The summed E-state index contributed by atoms with van der Waals surface area (Å²) in [5, 5.41) is 4.26. The number of benzene rings is 2. The van der Waals surface area contributed by atoms with Gasteiger partial charge >= 0.3 is 0 Å². The van der Waals surface area contributed by atoms with Gasteiger partial charge in [-0.2, -0.15) is 4.98 Å². The van der Waals surface area contributed by atoms with Crippen LogP contribution in [-0.4, -0.2) is 21.8 Å². The molecule has 1 aromatic heterocycles. The van der Waals surface area contributed by atoms with Crippen LogP contribution in [0.25, 0.3) is 22.8 Å². The lowest BCUT2D eigenvalue weighted by Gasteiger charge is -2.36. The SMILES string of the molecule is CC1(c2cc(-c3noc(-c4ccc(C(N)=O)cc4)n3)ccc2SCC2CC2)CCCCC1. The quantitative estimate of drug-likeness (QED) is 0.434. The number of primary amides is 1. The van der Waals surface area contributed by atoms with E-state index in [4.69, 9.17) is 10.3 Å². The maximum absolute atomic E-state index is 11.3. The predicted octanol–water partition coefficient (Wildman–Crippen LogP) is 6.23. The fraction of sp³-hybridized carbons (Fsp3) is 0.423. The zero-order chi connectivity index (χ0) is 22.1. The summed E-state index contributed by atoms with van der Waals surface area (Å²) in [7, 11) is 0. The van der Waals surface area contributed by atoms with Crippen LogP contribution in [0.15, 0.2) is 51.9 Å². The number of aromatic nitrogens is 2. The topological polar surface area (TPSA) is 82.0 Å². The minimum absolute atomic E-state index is 0.206. The normalized spacial score (nSPS) is 17.9. The number of nitrogens with zero attached hydrogens (tertiary/aromatic N) is 2. The van der Waals surface area contributed by atoms with Gasteiger partial charge < -0.3 is 10.3 Å². The van der Waals surface area contributed by atoms with Crippen LogP contribution in [0.5, 0.6) is 0 Å². The third-order valence-electron chi connectivity index (χ3n) is 6.86. The summed E-state index contributed by atoms with van der Waals surface area (Å²) in [6, 6.07) is 13.6. The second kappa shape index (κ2) is 8.74. The summed E-state index contributed by atoms with van der Waals surface area (Å²) < 4.78 is 5.55. The third kappa shape index (κ3) is 4.46. The summed E-state index contributed by atoms with van der Waals surface area (Å²) in [6.45, 7) is 2.43. The van der Waals surface area contributed by atoms with Crippen molar-refractivity contribution in [1.29, 1.82) is 0 Å². The first kappa shape index (κ1) is 21.3. The first-order valence-corrected chi connectivity index (χ1v) is 12.5. The molecule has 5 nitrogen and oxygen atoms in total. The van der Waals surface area contributed by atoms with Gasteiger partial charge in [0, 0.05) is 27.3 Å². The van der Waals surface area contributed by atoms with Gasteiger partial charge in [0.2, 0.25) is 11.7 Å². The lowest BCUT2D eigenvalue weighted by atomic mass is 9.70. The average molecular weight is 448 g/mol. The van der Waals surface area contributed by atoms with Crippen LogP contribution in [-0.2, 0) is 5.41 Å². The van der Waals surface area contributed by atoms with E-state index in [0.29, 0.717) is 17.3 Å². The molecule has 166 valence electrons. The number of hydrogen-bond donors (Lipinski definition) is 1. The van der Waals surface area contributed by atoms with Gasteiger partial charge in [-0.05, 0) is 85.0 Å². The first-order valence-electron chi connectivity index (χ1n) is 11.5. The van der Waals surface area contributed by atoms with Crippen LogP contribution in [0.2, 0.25) is 0 Å². The van der Waals surface area contributed by atoms with Crippen molar-refractivity contribution in [3.05, 3.63) is 53.6 Å². The molecule has 3 aromatic rings. The minimum atomic E-state index is -0.453. The third-order valence-corrected chi connectivity index (χ3v) is 8.16. The number of nitrogens with two attached hydrogens (primary N) is 1. The smallest absolute Gasteiger partial charge is 0.258 e. The van der Waals surface area contributed by atoms with Crippen molar-refractivity contribution < 1.29 is 9.32 Å². The molecule has 1 amide bonds. The molecule has 0 atom stereocenters. The van der Waals surface area contributed by atoms with Crippen molar-refractivity contribution in [1.82, 2.24) is 10.1 Å². The highest BCUT2D eigenvalue weighted by Crippen LogP contribution is 2.45. The van der Waals surface area contributed by atoms with Crippen molar-refractivity contribution in [2.45, 2.75) is 62.2 Å². The van der Waals surface area contributed by atoms with Crippen LogP contribution in [0.4, 0.5) is 0 Å². The molecule has 0 aliphatic heterocycles. The molecule has 5 rings (SSSR count). The first-order chi connectivity index (χ1) is 15.5. The van der Waals surface area contributed by atoms with E-state index in [-0.39, 0.29) is 5.41 Å². The van der Waals surface area contributed by atoms with E-state index < -0.39 is 5.91 Å². The molecule has 6 heteroatoms. The van der Waals surface area contributed by atoms with E-state index in [9.17, 15) is 4.79 Å². The van der Waals surface area contributed by atoms with Crippen LogP contribution in [0, 0.1) is 5.92 Å². The fourth-order valence-electron chi connectivity index (χ4n) is 4.60. The molecule has 0 saturated heterocycles. The molecular weight excluding hydrogens is 418 g/mol. The molecule has 2 aromatic carbocycles. The standard InChI is InChI=1S/C26H29N3O2S/c1-26(13-3-2-4-14-26)21-15-20(11-12-22(21)32-16-17-5-6-17)24-28-25(31-29-24)19-9-7-18(8-10-19)23(27)30/h7-12,15,17H,2-6,13-14,16H2,1H3,(H2,27,30). The fourth-order valence-corrected chi connectivity index (χ4v) is 5.97. The Bertz CT molecular complexity index is 1110. The molecule has 2 aliphatic carbocycles. The zero-order valence-electron chi connectivity index (χ0n) is 18.5. The van der Waals surface area contributed by atoms with Crippen LogP contribution in [0.3, 0.4) is 0 Å². The maximum atomic E-state index is 11.3. The predicted molar refractivity (Wildman–Crippen MR) is 128 cm³/mol. The molecule has 2 N–H and O–H groups in total. The molecule has 2 aliphatic rings. The zero-order valence-corrected chi connectivity index (χ0v) is 19.3. The Morgan fingerprint density at radius 2 is 1.81 bits per heavy atom. The van der Waals surface area contributed by atoms with Gasteiger partial charge in [0.1, 0.15) is 0 Å². The minimum Gasteiger partial charge on any atom is -0.366 e. The van der Waals surface area contributed by atoms with Gasteiger partial charge in [-0.15, -0.1) is 11.8 Å². The van der Waals surface area contributed by atoms with Crippen molar-refractivity contribution in [2.75, 3.05) is 5.75 Å². The molecule has 2 saturated carbocycles. The average Bonchev–Trinajstić information content (AvgIpc) is 3.51. The number of hydrogen-bond acceptors (Lipinski definition) is 5. The number of thioether (sulfide) groups is 1. The highest BCUT2D eigenvalue weighted by Gasteiger charge is 2.32. The van der Waals surface area contributed by atoms with Gasteiger partial charge in [-0.1, -0.05) is 31.3 Å². The Kier molecular flexibility index (Phi) is 5.80. The van der Waals surface area contributed by atoms with E-state index in [1.165, 1.54) is 61.2 Å². The molecule has 0 unspecified atom stereocenters. The Morgan fingerprint density at radius 1 is 1.09 bits per heavy atom. The monoisotopic (exact) mass is 447 g/mol. The lowest BCUT2D eigenvalue weighted by molar-refractivity contribution is 0.100. The highest BCUT2D eigenvalue weighted by molar-refractivity contribution is 7.99. The van der Waals surface area contributed by atoms with Gasteiger partial charge in [-0.3, -0.25) is 4.79 Å². The Balaban J connectivity index is 1.45. The molecule has 2 fully saturated rings. The molecule has 0 bridgehead atoms. The highest BCUT2D eigenvalue weighted by atomic mass is 32.2. The van der Waals surface area contributed by atoms with E-state index in [0.717, 1.165) is 17.0 Å². The number of carbonyl (C=O) groups excluding carboxylic acids is 1. The Hall–Kier alpha value is -2.60. The van der Waals surface area contributed by atoms with E-state index in [2.05, 4.69) is 35.3 Å². The van der Waals surface area contributed by atoms with Crippen molar-refractivity contribution in [3.8, 4) is 22.8 Å². The summed E-state index contributed by atoms with van der Waals surface area (Å²) in [4.78, 5) is 17.4. The summed E-state index contributed by atoms with van der Waals surface area (Å²) in [6.07, 6.45) is 9.15.